The molecule has 0 aliphatic carbocycles. The molecular weight excluding hydrogens is 184 g/mol. The van der Waals surface area contributed by atoms with Gasteiger partial charge in [-0.15, -0.1) is 11.6 Å². The van der Waals surface area contributed by atoms with Crippen LogP contribution in [-0.4, -0.2) is 30.0 Å². The van der Waals surface area contributed by atoms with Crippen LogP contribution in [0.3, 0.4) is 0 Å². The molecule has 5 heteroatoms. The summed E-state index contributed by atoms with van der Waals surface area (Å²) in [5, 5.41) is 0. The fourth-order valence-corrected chi connectivity index (χ4v) is 1.14. The third-order valence-electron chi connectivity index (χ3n) is 1.63. The van der Waals surface area contributed by atoms with Gasteiger partial charge in [-0.05, 0) is 0 Å². The van der Waals surface area contributed by atoms with Crippen LogP contribution in [0.1, 0.15) is 6.42 Å². The average Bonchev–Trinajstić information content (AvgIpc) is 2.34. The number of carbonyl (C=O) groups is 3. The molecule has 1 fully saturated rings. The number of carbonyl (C=O) groups excluding carboxylic acids is 3. The summed E-state index contributed by atoms with van der Waals surface area (Å²) in [6.45, 7) is -0.118. The standard InChI is InChI=1S/C7H7ClO4/c8-2-1-5(9)4-3-12-7(11)6(4)10/h4H,1-3H2. The molecule has 0 N–H and O–H groups in total. The first-order chi connectivity index (χ1) is 5.66. The Hall–Kier alpha value is -0.900. The highest BCUT2D eigenvalue weighted by Crippen LogP contribution is 2.13. The number of ketones is 2. The quantitative estimate of drug-likeness (QED) is 0.271. The molecule has 1 aliphatic heterocycles. The molecule has 0 radical (unpaired) electrons. The number of halogens is 1. The van der Waals surface area contributed by atoms with E-state index in [1.807, 2.05) is 0 Å². The fourth-order valence-electron chi connectivity index (χ4n) is 0.955. The van der Waals surface area contributed by atoms with E-state index in [0.717, 1.165) is 0 Å². The zero-order chi connectivity index (χ0) is 9.14. The molecule has 1 heterocycles. The van der Waals surface area contributed by atoms with E-state index < -0.39 is 17.7 Å². The third kappa shape index (κ3) is 1.64. The van der Waals surface area contributed by atoms with E-state index in [0.29, 0.717) is 0 Å². The van der Waals surface area contributed by atoms with Gasteiger partial charge in [-0.2, -0.15) is 0 Å². The Morgan fingerprint density at radius 2 is 2.25 bits per heavy atom. The van der Waals surface area contributed by atoms with Gasteiger partial charge in [-0.1, -0.05) is 0 Å². The van der Waals surface area contributed by atoms with Crippen molar-refractivity contribution in [3.8, 4) is 0 Å². The number of rotatable bonds is 3. The number of cyclic esters (lactones) is 1. The van der Waals surface area contributed by atoms with Crippen molar-refractivity contribution in [1.29, 1.82) is 0 Å². The van der Waals surface area contributed by atoms with E-state index in [1.165, 1.54) is 0 Å². The van der Waals surface area contributed by atoms with Crippen LogP contribution in [0, 0.1) is 5.92 Å². The van der Waals surface area contributed by atoms with Crippen molar-refractivity contribution < 1.29 is 19.1 Å². The van der Waals surface area contributed by atoms with Gasteiger partial charge in [0.25, 0.3) is 5.78 Å². The molecule has 66 valence electrons. The summed E-state index contributed by atoms with van der Waals surface area (Å²) in [7, 11) is 0. The van der Waals surface area contributed by atoms with E-state index in [4.69, 9.17) is 11.6 Å². The Morgan fingerprint density at radius 1 is 1.58 bits per heavy atom. The van der Waals surface area contributed by atoms with E-state index in [9.17, 15) is 14.4 Å². The number of alkyl halides is 1. The number of hydrogen-bond donors (Lipinski definition) is 0. The second-order valence-corrected chi connectivity index (χ2v) is 2.80. The van der Waals surface area contributed by atoms with Gasteiger partial charge in [0.2, 0.25) is 0 Å². The molecule has 1 rings (SSSR count). The van der Waals surface area contributed by atoms with Gasteiger partial charge in [0, 0.05) is 12.3 Å². The SMILES string of the molecule is O=C1OCC(C(=O)CCCl)C1=O. The lowest BCUT2D eigenvalue weighted by Crippen LogP contribution is -2.23. The second kappa shape index (κ2) is 3.67. The molecule has 0 aromatic carbocycles. The molecule has 4 nitrogen and oxygen atoms in total. The average molecular weight is 191 g/mol. The smallest absolute Gasteiger partial charge is 0.375 e. The predicted molar refractivity (Wildman–Crippen MR) is 39.8 cm³/mol. The summed E-state index contributed by atoms with van der Waals surface area (Å²) in [5.41, 5.74) is 0. The van der Waals surface area contributed by atoms with Crippen LogP contribution in [0.5, 0.6) is 0 Å². The normalized spacial score (nSPS) is 22.6. The molecule has 0 bridgehead atoms. The summed E-state index contributed by atoms with van der Waals surface area (Å²) < 4.78 is 4.39. The topological polar surface area (TPSA) is 60.4 Å². The van der Waals surface area contributed by atoms with Crippen LogP contribution in [0.25, 0.3) is 0 Å². The zero-order valence-corrected chi connectivity index (χ0v) is 6.97. The van der Waals surface area contributed by atoms with Gasteiger partial charge in [-0.25, -0.2) is 4.79 Å². The lowest BCUT2D eigenvalue weighted by atomic mass is 10.0. The monoisotopic (exact) mass is 190 g/mol. The molecule has 0 aromatic rings. The van der Waals surface area contributed by atoms with Gasteiger partial charge in [-0.3, -0.25) is 9.59 Å². The Morgan fingerprint density at radius 3 is 2.67 bits per heavy atom. The maximum atomic E-state index is 11.1. The van der Waals surface area contributed by atoms with Crippen molar-refractivity contribution in [2.75, 3.05) is 12.5 Å². The first kappa shape index (κ1) is 9.19. The highest BCUT2D eigenvalue weighted by atomic mass is 35.5. The maximum absolute atomic E-state index is 11.1. The lowest BCUT2D eigenvalue weighted by Gasteiger charge is -1.99. The summed E-state index contributed by atoms with van der Waals surface area (Å²) >= 11 is 5.30. The van der Waals surface area contributed by atoms with Gasteiger partial charge in [0.05, 0.1) is 0 Å². The molecule has 0 aromatic heterocycles. The summed E-state index contributed by atoms with van der Waals surface area (Å²) in [6, 6.07) is 0. The molecular formula is C7H7ClO4. The fraction of sp³-hybridized carbons (Fsp3) is 0.571. The predicted octanol–water partition coefficient (Wildman–Crippen LogP) is -0.0735. The molecule has 0 amide bonds. The third-order valence-corrected chi connectivity index (χ3v) is 1.82. The van der Waals surface area contributed by atoms with Gasteiger partial charge >= 0.3 is 5.97 Å². The Bertz CT molecular complexity index is 236. The second-order valence-electron chi connectivity index (χ2n) is 2.42. The van der Waals surface area contributed by atoms with Crippen LogP contribution < -0.4 is 0 Å². The minimum absolute atomic E-state index is 0.106. The summed E-state index contributed by atoms with van der Waals surface area (Å²) in [6.07, 6.45) is 0.106. The van der Waals surface area contributed by atoms with E-state index in [2.05, 4.69) is 4.74 Å². The van der Waals surface area contributed by atoms with Gasteiger partial charge in [0.1, 0.15) is 18.3 Å². The number of Topliss-reactive ketones (excluding diaryl/α,β-unsaturated/α-hetero) is 2. The minimum atomic E-state index is -0.914. The van der Waals surface area contributed by atoms with Gasteiger partial charge < -0.3 is 4.74 Å². The number of hydrogen-bond acceptors (Lipinski definition) is 4. The lowest BCUT2D eigenvalue weighted by molar-refractivity contribution is -0.147. The first-order valence-corrected chi connectivity index (χ1v) is 4.00. The highest BCUT2D eigenvalue weighted by Gasteiger charge is 2.38. The van der Waals surface area contributed by atoms with Crippen molar-refractivity contribution >= 4 is 29.1 Å². The summed E-state index contributed by atoms with van der Waals surface area (Å²) in [5.74, 6) is -2.72. The van der Waals surface area contributed by atoms with Crippen molar-refractivity contribution in [3.05, 3.63) is 0 Å². The summed E-state index contributed by atoms with van der Waals surface area (Å²) in [4.78, 5) is 32.5. The minimum Gasteiger partial charge on any atom is -0.459 e. The molecule has 0 saturated carbocycles. The first-order valence-electron chi connectivity index (χ1n) is 3.46. The number of ether oxygens (including phenoxy) is 1. The van der Waals surface area contributed by atoms with Crippen LogP contribution in [0.2, 0.25) is 0 Å². The van der Waals surface area contributed by atoms with Crippen LogP contribution in [0.15, 0.2) is 0 Å². The molecule has 0 spiro atoms. The van der Waals surface area contributed by atoms with Crippen LogP contribution in [-0.2, 0) is 19.1 Å². The Labute approximate surface area is 73.8 Å². The maximum Gasteiger partial charge on any atom is 0.375 e. The molecule has 1 saturated heterocycles. The molecule has 1 unspecified atom stereocenters. The van der Waals surface area contributed by atoms with Crippen molar-refractivity contribution in [1.82, 2.24) is 0 Å². The number of esters is 1. The molecule has 1 atom stereocenters. The van der Waals surface area contributed by atoms with E-state index >= 15 is 0 Å². The Balaban J connectivity index is 2.59. The van der Waals surface area contributed by atoms with Crippen molar-refractivity contribution in [2.24, 2.45) is 5.92 Å². The van der Waals surface area contributed by atoms with E-state index in [-0.39, 0.29) is 24.7 Å². The largest absolute Gasteiger partial charge is 0.459 e. The molecule has 1 aliphatic rings. The Kier molecular flexibility index (Phi) is 2.81. The van der Waals surface area contributed by atoms with Crippen LogP contribution >= 0.6 is 11.6 Å². The van der Waals surface area contributed by atoms with Gasteiger partial charge in [0.15, 0.2) is 0 Å². The highest BCUT2D eigenvalue weighted by molar-refractivity contribution is 6.40. The van der Waals surface area contributed by atoms with Crippen LogP contribution in [0.4, 0.5) is 0 Å². The zero-order valence-electron chi connectivity index (χ0n) is 6.21. The van der Waals surface area contributed by atoms with Crippen molar-refractivity contribution in [2.45, 2.75) is 6.42 Å². The van der Waals surface area contributed by atoms with E-state index in [1.54, 1.807) is 0 Å². The molecule has 12 heavy (non-hydrogen) atoms. The van der Waals surface area contributed by atoms with Crippen molar-refractivity contribution in [3.63, 3.8) is 0 Å².